The van der Waals surface area contributed by atoms with E-state index >= 15 is 0 Å². The van der Waals surface area contributed by atoms with Crippen molar-refractivity contribution in [2.24, 2.45) is 5.92 Å². The van der Waals surface area contributed by atoms with Gasteiger partial charge < -0.3 is 0 Å². The van der Waals surface area contributed by atoms with Gasteiger partial charge in [0.05, 0.1) is 0 Å². The second-order valence-corrected chi connectivity index (χ2v) is 2.87. The van der Waals surface area contributed by atoms with E-state index in [0.29, 0.717) is 5.92 Å². The van der Waals surface area contributed by atoms with Gasteiger partial charge in [-0.2, -0.15) is 0 Å². The van der Waals surface area contributed by atoms with Gasteiger partial charge in [0.15, 0.2) is 0 Å². The second kappa shape index (κ2) is 4.95. The van der Waals surface area contributed by atoms with Crippen molar-refractivity contribution in [1.29, 1.82) is 0 Å². The maximum atomic E-state index is 2.30. The molecule has 1 rings (SSSR count). The van der Waals surface area contributed by atoms with E-state index in [4.69, 9.17) is 0 Å². The Balaban J connectivity index is 2.44. The van der Waals surface area contributed by atoms with Crippen LogP contribution in [0.4, 0.5) is 0 Å². The van der Waals surface area contributed by atoms with Gasteiger partial charge in [0, 0.05) is 0 Å². The highest BCUT2D eigenvalue weighted by molar-refractivity contribution is 5.08. The summed E-state index contributed by atoms with van der Waals surface area (Å²) < 4.78 is 0. The molecule has 0 spiro atoms. The highest BCUT2D eigenvalue weighted by Crippen LogP contribution is 2.12. The second-order valence-electron chi connectivity index (χ2n) is 2.87. The van der Waals surface area contributed by atoms with E-state index in [1.165, 1.54) is 6.42 Å². The molecule has 0 amide bonds. The van der Waals surface area contributed by atoms with Crippen LogP contribution in [0.25, 0.3) is 0 Å². The average molecular weight is 148 g/mol. The molecule has 0 heterocycles. The summed E-state index contributed by atoms with van der Waals surface area (Å²) in [6.45, 7) is 2.17. The van der Waals surface area contributed by atoms with Crippen LogP contribution in [-0.2, 0) is 0 Å². The van der Waals surface area contributed by atoms with Crippen molar-refractivity contribution in [2.75, 3.05) is 0 Å². The predicted octanol–water partition coefficient (Wildman–Crippen LogP) is 3.48. The van der Waals surface area contributed by atoms with Crippen LogP contribution >= 0.6 is 0 Å². The van der Waals surface area contributed by atoms with Gasteiger partial charge in [-0.3, -0.25) is 0 Å². The molecule has 0 heteroatoms. The van der Waals surface area contributed by atoms with Gasteiger partial charge in [-0.1, -0.05) is 43.4 Å². The number of hydrogen-bond acceptors (Lipinski definition) is 0. The first kappa shape index (κ1) is 8.32. The van der Waals surface area contributed by atoms with E-state index in [1.54, 1.807) is 0 Å². The number of allylic oxidation sites excluding steroid dienone is 6. The molecule has 0 fully saturated rings. The van der Waals surface area contributed by atoms with E-state index in [2.05, 4.69) is 43.4 Å². The van der Waals surface area contributed by atoms with Gasteiger partial charge >= 0.3 is 0 Å². The van der Waals surface area contributed by atoms with Crippen LogP contribution in [0.1, 0.15) is 26.2 Å². The maximum absolute atomic E-state index is 2.30. The minimum Gasteiger partial charge on any atom is -0.0882 e. The van der Waals surface area contributed by atoms with Crippen LogP contribution in [0.15, 0.2) is 36.5 Å². The molecule has 0 aromatic heterocycles. The third kappa shape index (κ3) is 3.22. The topological polar surface area (TPSA) is 0 Å². The molecule has 0 aromatic carbocycles. The van der Waals surface area contributed by atoms with E-state index < -0.39 is 0 Å². The first-order valence-electron chi connectivity index (χ1n) is 4.42. The quantitative estimate of drug-likeness (QED) is 0.526. The molecule has 0 nitrogen and oxygen atoms in total. The third-order valence-electron chi connectivity index (χ3n) is 1.85. The zero-order valence-corrected chi connectivity index (χ0v) is 7.16. The molecule has 0 aliphatic heterocycles. The summed E-state index contributed by atoms with van der Waals surface area (Å²) in [5.41, 5.74) is 0. The van der Waals surface area contributed by atoms with E-state index in [1.807, 2.05) is 0 Å². The number of rotatable bonds is 2. The Hall–Kier alpha value is -0.780. The van der Waals surface area contributed by atoms with E-state index in [-0.39, 0.29) is 0 Å². The summed E-state index contributed by atoms with van der Waals surface area (Å²) >= 11 is 0. The molecule has 0 aromatic rings. The van der Waals surface area contributed by atoms with Gasteiger partial charge in [0.1, 0.15) is 0 Å². The summed E-state index contributed by atoms with van der Waals surface area (Å²) in [6, 6.07) is 0. The molecular formula is C11H16. The third-order valence-corrected chi connectivity index (χ3v) is 1.85. The van der Waals surface area contributed by atoms with Gasteiger partial charge in [-0.05, 0) is 25.2 Å². The molecule has 0 saturated heterocycles. The van der Waals surface area contributed by atoms with Crippen LogP contribution < -0.4 is 0 Å². The lowest BCUT2D eigenvalue weighted by Gasteiger charge is -2.00. The number of hydrogen-bond donors (Lipinski definition) is 0. The standard InChI is InChI=1S/C11H16/c1-2-3-8-11-9-6-4-5-7-10-11/h3-4,6-8,10-11H,2,5,9H2,1H3/b8-3+. The molecule has 0 N–H and O–H groups in total. The summed E-state index contributed by atoms with van der Waals surface area (Å²) in [4.78, 5) is 0. The van der Waals surface area contributed by atoms with E-state index in [0.717, 1.165) is 12.8 Å². The zero-order valence-electron chi connectivity index (χ0n) is 7.16. The largest absolute Gasteiger partial charge is 0.0882 e. The first-order valence-corrected chi connectivity index (χ1v) is 4.42. The van der Waals surface area contributed by atoms with Crippen molar-refractivity contribution < 1.29 is 0 Å². The smallest absolute Gasteiger partial charge is 0.00189 e. The fourth-order valence-corrected chi connectivity index (χ4v) is 1.21. The molecule has 1 atom stereocenters. The van der Waals surface area contributed by atoms with Crippen LogP contribution in [-0.4, -0.2) is 0 Å². The summed E-state index contributed by atoms with van der Waals surface area (Å²) in [6.07, 6.45) is 17.0. The average Bonchev–Trinajstić information content (AvgIpc) is 2.28. The lowest BCUT2D eigenvalue weighted by atomic mass is 10.1. The Morgan fingerprint density at radius 3 is 3.09 bits per heavy atom. The molecule has 0 saturated carbocycles. The lowest BCUT2D eigenvalue weighted by Crippen LogP contribution is -1.86. The van der Waals surface area contributed by atoms with Crippen molar-refractivity contribution in [3.05, 3.63) is 36.5 Å². The van der Waals surface area contributed by atoms with Crippen LogP contribution in [0.5, 0.6) is 0 Å². The summed E-state index contributed by atoms with van der Waals surface area (Å²) in [7, 11) is 0. The van der Waals surface area contributed by atoms with E-state index in [9.17, 15) is 0 Å². The molecule has 1 aliphatic carbocycles. The Labute approximate surface area is 69.3 Å². The fraction of sp³-hybridized carbons (Fsp3) is 0.455. The van der Waals surface area contributed by atoms with Crippen molar-refractivity contribution in [2.45, 2.75) is 26.2 Å². The minimum absolute atomic E-state index is 0.647. The molecule has 1 aliphatic rings. The molecular weight excluding hydrogens is 132 g/mol. The Morgan fingerprint density at radius 1 is 1.36 bits per heavy atom. The highest BCUT2D eigenvalue weighted by atomic mass is 14.0. The van der Waals surface area contributed by atoms with Gasteiger partial charge in [-0.15, -0.1) is 0 Å². The minimum atomic E-state index is 0.647. The maximum Gasteiger partial charge on any atom is -0.00189 e. The molecule has 0 bridgehead atoms. The normalized spacial score (nSPS) is 24.3. The Morgan fingerprint density at radius 2 is 2.27 bits per heavy atom. The lowest BCUT2D eigenvalue weighted by molar-refractivity contribution is 0.830. The molecule has 60 valence electrons. The van der Waals surface area contributed by atoms with Crippen molar-refractivity contribution in [3.63, 3.8) is 0 Å². The molecule has 11 heavy (non-hydrogen) atoms. The van der Waals surface area contributed by atoms with Crippen LogP contribution in [0.2, 0.25) is 0 Å². The summed E-state index contributed by atoms with van der Waals surface area (Å²) in [5.74, 6) is 0.647. The Bertz CT molecular complexity index is 172. The van der Waals surface area contributed by atoms with Gasteiger partial charge in [0.2, 0.25) is 0 Å². The highest BCUT2D eigenvalue weighted by Gasteiger charge is 1.97. The summed E-state index contributed by atoms with van der Waals surface area (Å²) in [5, 5.41) is 0. The van der Waals surface area contributed by atoms with Crippen LogP contribution in [0, 0.1) is 5.92 Å². The SMILES string of the molecule is CC/C=C/C1C=CCC=CC1. The van der Waals surface area contributed by atoms with Crippen molar-refractivity contribution >= 4 is 0 Å². The van der Waals surface area contributed by atoms with Gasteiger partial charge in [-0.25, -0.2) is 0 Å². The van der Waals surface area contributed by atoms with Crippen LogP contribution in [0.3, 0.4) is 0 Å². The fourth-order valence-electron chi connectivity index (χ4n) is 1.21. The van der Waals surface area contributed by atoms with Crippen molar-refractivity contribution in [1.82, 2.24) is 0 Å². The predicted molar refractivity (Wildman–Crippen MR) is 50.4 cm³/mol. The molecule has 1 unspecified atom stereocenters. The van der Waals surface area contributed by atoms with Crippen molar-refractivity contribution in [3.8, 4) is 0 Å². The van der Waals surface area contributed by atoms with Gasteiger partial charge in [0.25, 0.3) is 0 Å². The first-order chi connectivity index (χ1) is 5.43. The molecule has 0 radical (unpaired) electrons. The zero-order chi connectivity index (χ0) is 7.94. The monoisotopic (exact) mass is 148 g/mol. The Kier molecular flexibility index (Phi) is 3.74.